The van der Waals surface area contributed by atoms with Crippen LogP contribution in [0, 0.1) is 11.7 Å². The Bertz CT molecular complexity index is 952. The van der Waals surface area contributed by atoms with Gasteiger partial charge in [0.1, 0.15) is 11.9 Å². The van der Waals surface area contributed by atoms with E-state index in [1.165, 1.54) is 24.1 Å². The summed E-state index contributed by atoms with van der Waals surface area (Å²) in [6, 6.07) is 13.5. The summed E-state index contributed by atoms with van der Waals surface area (Å²) in [7, 11) is 0. The van der Waals surface area contributed by atoms with Gasteiger partial charge in [-0.2, -0.15) is 0 Å². The molecule has 3 aliphatic rings. The molecule has 5 rings (SSSR count). The minimum atomic E-state index is -0.665. The molecule has 2 aromatic rings. The van der Waals surface area contributed by atoms with E-state index in [2.05, 4.69) is 12.1 Å². The first-order chi connectivity index (χ1) is 14.6. The van der Waals surface area contributed by atoms with Gasteiger partial charge < -0.3 is 9.80 Å². The zero-order chi connectivity index (χ0) is 20.7. The minimum Gasteiger partial charge on any atom is -0.331 e. The molecule has 0 N–H and O–H groups in total. The molecule has 2 aromatic carbocycles. The fourth-order valence-corrected chi connectivity index (χ4v) is 5.46. The Labute approximate surface area is 176 Å². The molecule has 1 saturated heterocycles. The fourth-order valence-electron chi connectivity index (χ4n) is 5.46. The summed E-state index contributed by atoms with van der Waals surface area (Å²) in [6.45, 7) is 1.16. The van der Waals surface area contributed by atoms with E-state index in [1.807, 2.05) is 17.0 Å². The Balaban J connectivity index is 1.54. The Morgan fingerprint density at radius 2 is 1.70 bits per heavy atom. The lowest BCUT2D eigenvalue weighted by Gasteiger charge is -2.49. The number of benzene rings is 2. The van der Waals surface area contributed by atoms with Gasteiger partial charge in [-0.25, -0.2) is 4.39 Å². The minimum absolute atomic E-state index is 0.0140. The van der Waals surface area contributed by atoms with Crippen molar-refractivity contribution in [1.82, 2.24) is 9.80 Å². The second-order valence-electron chi connectivity index (χ2n) is 8.78. The molecule has 1 aliphatic carbocycles. The maximum Gasteiger partial charge on any atom is 0.250 e. The first-order valence-electron chi connectivity index (χ1n) is 11.1. The van der Waals surface area contributed by atoms with Crippen molar-refractivity contribution in [2.24, 2.45) is 5.92 Å². The Hall–Kier alpha value is -2.69. The second-order valence-corrected chi connectivity index (χ2v) is 8.78. The summed E-state index contributed by atoms with van der Waals surface area (Å²) in [5.41, 5.74) is 3.11. The van der Waals surface area contributed by atoms with E-state index in [0.29, 0.717) is 18.7 Å². The SMILES string of the molecule is O=C1C(c2ccc(F)cc2)N(C(=O)C2CCCCC2)CC2c3ccccc3CCN12. The number of hydrogen-bond acceptors (Lipinski definition) is 2. The first-order valence-corrected chi connectivity index (χ1v) is 11.1. The standard InChI is InChI=1S/C25H27FN2O2/c26-20-12-10-18(11-13-20)23-25(30)27-15-14-17-6-4-5-9-21(17)22(27)16-28(23)24(29)19-7-2-1-3-8-19/h4-6,9-13,19,22-23H,1-3,7-8,14-16H2. The zero-order valence-electron chi connectivity index (χ0n) is 17.1. The van der Waals surface area contributed by atoms with Crippen molar-refractivity contribution in [2.45, 2.75) is 50.6 Å². The van der Waals surface area contributed by atoms with Gasteiger partial charge in [0.25, 0.3) is 5.91 Å². The van der Waals surface area contributed by atoms with E-state index in [-0.39, 0.29) is 29.6 Å². The third kappa shape index (κ3) is 3.30. The molecule has 2 aliphatic heterocycles. The van der Waals surface area contributed by atoms with Crippen molar-refractivity contribution in [3.05, 3.63) is 71.0 Å². The van der Waals surface area contributed by atoms with E-state index in [1.54, 1.807) is 17.0 Å². The van der Waals surface area contributed by atoms with Gasteiger partial charge in [-0.05, 0) is 48.1 Å². The Kier molecular flexibility index (Phi) is 5.05. The smallest absolute Gasteiger partial charge is 0.250 e. The molecule has 1 saturated carbocycles. The molecule has 2 amide bonds. The highest BCUT2D eigenvalue weighted by Crippen LogP contribution is 2.41. The highest BCUT2D eigenvalue weighted by Gasteiger charge is 2.46. The second kappa shape index (κ2) is 7.86. The van der Waals surface area contributed by atoms with Crippen LogP contribution in [0.3, 0.4) is 0 Å². The molecule has 2 unspecified atom stereocenters. The number of carbonyl (C=O) groups is 2. The molecule has 4 nitrogen and oxygen atoms in total. The lowest BCUT2D eigenvalue weighted by molar-refractivity contribution is -0.159. The Morgan fingerprint density at radius 1 is 0.967 bits per heavy atom. The maximum atomic E-state index is 13.7. The van der Waals surface area contributed by atoms with E-state index < -0.39 is 6.04 Å². The molecule has 2 heterocycles. The summed E-state index contributed by atoms with van der Waals surface area (Å²) < 4.78 is 13.6. The monoisotopic (exact) mass is 406 g/mol. The highest BCUT2D eigenvalue weighted by molar-refractivity contribution is 5.91. The van der Waals surface area contributed by atoms with Gasteiger partial charge >= 0.3 is 0 Å². The predicted octanol–water partition coefficient (Wildman–Crippen LogP) is 4.42. The van der Waals surface area contributed by atoms with Crippen molar-refractivity contribution in [1.29, 1.82) is 0 Å². The zero-order valence-corrected chi connectivity index (χ0v) is 17.1. The van der Waals surface area contributed by atoms with Crippen molar-refractivity contribution in [2.75, 3.05) is 13.1 Å². The molecule has 30 heavy (non-hydrogen) atoms. The summed E-state index contributed by atoms with van der Waals surface area (Å²) in [4.78, 5) is 31.0. The van der Waals surface area contributed by atoms with Crippen LogP contribution in [0.4, 0.5) is 4.39 Å². The van der Waals surface area contributed by atoms with Gasteiger partial charge in [-0.3, -0.25) is 9.59 Å². The van der Waals surface area contributed by atoms with E-state index in [0.717, 1.165) is 37.7 Å². The van der Waals surface area contributed by atoms with Gasteiger partial charge in [0.2, 0.25) is 5.91 Å². The van der Waals surface area contributed by atoms with Crippen LogP contribution >= 0.6 is 0 Å². The van der Waals surface area contributed by atoms with Gasteiger partial charge in [0.15, 0.2) is 0 Å². The molecule has 156 valence electrons. The van der Waals surface area contributed by atoms with E-state index in [4.69, 9.17) is 0 Å². The third-order valence-corrected chi connectivity index (χ3v) is 7.03. The number of hydrogen-bond donors (Lipinski definition) is 0. The van der Waals surface area contributed by atoms with Gasteiger partial charge in [0, 0.05) is 19.0 Å². The van der Waals surface area contributed by atoms with Crippen molar-refractivity contribution in [3.8, 4) is 0 Å². The van der Waals surface area contributed by atoms with Gasteiger partial charge in [-0.1, -0.05) is 55.7 Å². The lowest BCUT2D eigenvalue weighted by atomic mass is 9.84. The van der Waals surface area contributed by atoms with Crippen molar-refractivity contribution in [3.63, 3.8) is 0 Å². The van der Waals surface area contributed by atoms with Crippen LogP contribution in [0.1, 0.15) is 60.9 Å². The van der Waals surface area contributed by atoms with Crippen LogP contribution in [-0.4, -0.2) is 34.7 Å². The highest BCUT2D eigenvalue weighted by atomic mass is 19.1. The van der Waals surface area contributed by atoms with E-state index >= 15 is 0 Å². The van der Waals surface area contributed by atoms with Gasteiger partial charge in [-0.15, -0.1) is 0 Å². The van der Waals surface area contributed by atoms with Crippen LogP contribution in [0.5, 0.6) is 0 Å². The maximum absolute atomic E-state index is 13.7. The largest absolute Gasteiger partial charge is 0.331 e. The Morgan fingerprint density at radius 3 is 2.47 bits per heavy atom. The molecular weight excluding hydrogens is 379 g/mol. The van der Waals surface area contributed by atoms with Crippen molar-refractivity contribution < 1.29 is 14.0 Å². The summed E-state index contributed by atoms with van der Waals surface area (Å²) >= 11 is 0. The lowest BCUT2D eigenvalue weighted by Crippen LogP contribution is -2.58. The fraction of sp³-hybridized carbons (Fsp3) is 0.440. The van der Waals surface area contributed by atoms with Crippen LogP contribution in [0.25, 0.3) is 0 Å². The molecule has 2 fully saturated rings. The average Bonchev–Trinajstić information content (AvgIpc) is 2.79. The first kappa shape index (κ1) is 19.3. The van der Waals surface area contributed by atoms with Crippen LogP contribution in [0.2, 0.25) is 0 Å². The normalized spacial score (nSPS) is 24.4. The summed E-state index contributed by atoms with van der Waals surface area (Å²) in [6.07, 6.45) is 5.92. The topological polar surface area (TPSA) is 40.6 Å². The number of halogens is 1. The molecule has 0 aromatic heterocycles. The molecule has 2 atom stereocenters. The molecule has 5 heteroatoms. The molecular formula is C25H27FN2O2. The third-order valence-electron chi connectivity index (χ3n) is 7.03. The van der Waals surface area contributed by atoms with E-state index in [9.17, 15) is 14.0 Å². The summed E-state index contributed by atoms with van der Waals surface area (Å²) in [5, 5.41) is 0. The summed E-state index contributed by atoms with van der Waals surface area (Å²) in [5.74, 6) is -0.312. The predicted molar refractivity (Wildman–Crippen MR) is 112 cm³/mol. The van der Waals surface area contributed by atoms with Gasteiger partial charge in [0.05, 0.1) is 6.04 Å². The number of rotatable bonds is 2. The van der Waals surface area contributed by atoms with Crippen molar-refractivity contribution >= 4 is 11.8 Å². The number of fused-ring (bicyclic) bond motifs is 3. The number of piperazine rings is 1. The average molecular weight is 407 g/mol. The van der Waals surface area contributed by atoms with Crippen LogP contribution < -0.4 is 0 Å². The molecule has 0 bridgehead atoms. The number of amides is 2. The molecule has 0 radical (unpaired) electrons. The quantitative estimate of drug-likeness (QED) is 0.741. The number of carbonyl (C=O) groups excluding carboxylic acids is 2. The number of nitrogens with zero attached hydrogens (tertiary/aromatic N) is 2. The molecule has 0 spiro atoms. The van der Waals surface area contributed by atoms with Crippen LogP contribution in [0.15, 0.2) is 48.5 Å². The van der Waals surface area contributed by atoms with Crippen LogP contribution in [-0.2, 0) is 16.0 Å².